The van der Waals surface area contributed by atoms with Crippen molar-refractivity contribution in [3.05, 3.63) is 36.0 Å². The van der Waals surface area contributed by atoms with Crippen LogP contribution in [0.4, 0.5) is 13.2 Å². The summed E-state index contributed by atoms with van der Waals surface area (Å²) in [6.07, 6.45) is 1.59. The molecule has 2 rings (SSSR count). The monoisotopic (exact) mass is 331 g/mol. The molecule has 1 aromatic carbocycles. The van der Waals surface area contributed by atoms with E-state index < -0.39 is 11.7 Å². The molecule has 0 bridgehead atoms. The highest BCUT2D eigenvalue weighted by Gasteiger charge is 2.30. The highest BCUT2D eigenvalue weighted by Crippen LogP contribution is 2.32. The van der Waals surface area contributed by atoms with Gasteiger partial charge in [-0.3, -0.25) is 4.98 Å². The lowest BCUT2D eigenvalue weighted by Crippen LogP contribution is -2.04. The van der Waals surface area contributed by atoms with Crippen molar-refractivity contribution in [1.29, 1.82) is 0 Å². The predicted octanol–water partition coefficient (Wildman–Crippen LogP) is 6.81. The van der Waals surface area contributed by atoms with Gasteiger partial charge in [0.1, 0.15) is 0 Å². The number of thioether (sulfide) groups is 1. The Morgan fingerprint density at radius 2 is 1.55 bits per heavy atom. The average molecular weight is 331 g/mol. The van der Waals surface area contributed by atoms with Gasteiger partial charge in [-0.1, -0.05) is 46.6 Å². The molecule has 0 spiro atoms. The molecule has 0 fully saturated rings. The SMILES string of the molecule is CCC.CCC.CSc1ccnc2cc(C(F)(F)F)ccc12. The molecule has 1 heterocycles. The summed E-state index contributed by atoms with van der Waals surface area (Å²) in [5, 5.41) is 0.753. The van der Waals surface area contributed by atoms with Crippen LogP contribution in [0.1, 0.15) is 46.1 Å². The van der Waals surface area contributed by atoms with E-state index in [0.29, 0.717) is 5.52 Å². The summed E-state index contributed by atoms with van der Waals surface area (Å²) in [6, 6.07) is 5.43. The Bertz CT molecular complexity index is 551. The zero-order valence-corrected chi connectivity index (χ0v) is 14.6. The van der Waals surface area contributed by atoms with E-state index in [9.17, 15) is 13.2 Å². The quantitative estimate of drug-likeness (QED) is 0.532. The van der Waals surface area contributed by atoms with Crippen LogP contribution in [-0.4, -0.2) is 11.2 Å². The minimum atomic E-state index is -4.31. The third-order valence-electron chi connectivity index (χ3n) is 2.25. The maximum atomic E-state index is 12.5. The number of halogens is 3. The van der Waals surface area contributed by atoms with Gasteiger partial charge in [0.2, 0.25) is 0 Å². The largest absolute Gasteiger partial charge is 0.416 e. The summed E-state index contributed by atoms with van der Waals surface area (Å²) in [5.41, 5.74) is -0.285. The van der Waals surface area contributed by atoms with E-state index in [-0.39, 0.29) is 0 Å². The molecule has 0 saturated heterocycles. The molecule has 0 unspecified atom stereocenters. The molecule has 0 aliphatic rings. The van der Waals surface area contributed by atoms with Crippen LogP contribution in [0.2, 0.25) is 0 Å². The van der Waals surface area contributed by atoms with Crippen LogP contribution in [0.25, 0.3) is 10.9 Å². The molecular formula is C17H24F3NS. The van der Waals surface area contributed by atoms with Gasteiger partial charge in [-0.2, -0.15) is 13.2 Å². The second-order valence-corrected chi connectivity index (χ2v) is 5.51. The second kappa shape index (κ2) is 10.5. The third kappa shape index (κ3) is 6.69. The van der Waals surface area contributed by atoms with E-state index in [0.717, 1.165) is 22.4 Å². The van der Waals surface area contributed by atoms with Crippen molar-refractivity contribution in [1.82, 2.24) is 4.98 Å². The highest BCUT2D eigenvalue weighted by molar-refractivity contribution is 7.98. The Balaban J connectivity index is 0.000000639. The van der Waals surface area contributed by atoms with Gasteiger partial charge in [0.15, 0.2) is 0 Å². The molecule has 124 valence electrons. The van der Waals surface area contributed by atoms with Crippen molar-refractivity contribution < 1.29 is 13.2 Å². The lowest BCUT2D eigenvalue weighted by molar-refractivity contribution is -0.137. The Hall–Kier alpha value is -1.23. The fourth-order valence-corrected chi connectivity index (χ4v) is 2.07. The molecule has 2 aromatic rings. The summed E-state index contributed by atoms with van der Waals surface area (Å²) in [5.74, 6) is 0. The first-order valence-corrected chi connectivity index (χ1v) is 8.57. The van der Waals surface area contributed by atoms with Crippen molar-refractivity contribution in [3.63, 3.8) is 0 Å². The van der Waals surface area contributed by atoms with E-state index in [1.165, 1.54) is 36.9 Å². The maximum Gasteiger partial charge on any atom is 0.416 e. The lowest BCUT2D eigenvalue weighted by atomic mass is 10.1. The number of alkyl halides is 3. The van der Waals surface area contributed by atoms with Gasteiger partial charge < -0.3 is 0 Å². The molecule has 1 aromatic heterocycles. The summed E-state index contributed by atoms with van der Waals surface area (Å²) >= 11 is 1.49. The molecule has 0 aliphatic heterocycles. The fraction of sp³-hybridized carbons (Fsp3) is 0.471. The predicted molar refractivity (Wildman–Crippen MR) is 90.5 cm³/mol. The lowest BCUT2D eigenvalue weighted by Gasteiger charge is -2.08. The standard InChI is InChI=1S/C11H8F3NS.2C3H8/c1-16-10-4-5-15-9-6-7(11(12,13)14)2-3-8(9)10;2*1-3-2/h2-6H,1H3;2*3H2,1-2H3. The first-order chi connectivity index (χ1) is 10.3. The van der Waals surface area contributed by atoms with Crippen molar-refractivity contribution in [3.8, 4) is 0 Å². The van der Waals surface area contributed by atoms with Crippen LogP contribution in [0, 0.1) is 0 Å². The Kier molecular flexibility index (Phi) is 9.90. The van der Waals surface area contributed by atoms with E-state index in [1.54, 1.807) is 6.07 Å². The van der Waals surface area contributed by atoms with E-state index in [4.69, 9.17) is 0 Å². The van der Waals surface area contributed by atoms with Crippen molar-refractivity contribution in [2.24, 2.45) is 0 Å². The fourth-order valence-electron chi connectivity index (χ4n) is 1.48. The second-order valence-electron chi connectivity index (χ2n) is 4.66. The zero-order chi connectivity index (χ0) is 17.2. The van der Waals surface area contributed by atoms with E-state index >= 15 is 0 Å². The van der Waals surface area contributed by atoms with Gasteiger partial charge >= 0.3 is 6.18 Å². The van der Waals surface area contributed by atoms with Crippen molar-refractivity contribution in [2.75, 3.05) is 6.26 Å². The number of fused-ring (bicyclic) bond motifs is 1. The Labute approximate surface area is 135 Å². The first kappa shape index (κ1) is 20.8. The number of benzene rings is 1. The topological polar surface area (TPSA) is 12.9 Å². The van der Waals surface area contributed by atoms with Crippen LogP contribution in [0.15, 0.2) is 35.4 Å². The number of hydrogen-bond donors (Lipinski definition) is 0. The minimum Gasteiger partial charge on any atom is -0.256 e. The highest BCUT2D eigenvalue weighted by atomic mass is 32.2. The first-order valence-electron chi connectivity index (χ1n) is 7.35. The molecule has 0 atom stereocenters. The van der Waals surface area contributed by atoms with Crippen LogP contribution in [-0.2, 0) is 6.18 Å². The number of hydrogen-bond acceptors (Lipinski definition) is 2. The zero-order valence-electron chi connectivity index (χ0n) is 13.8. The molecule has 0 saturated carbocycles. The van der Waals surface area contributed by atoms with E-state index in [2.05, 4.69) is 32.7 Å². The molecule has 1 nitrogen and oxygen atoms in total. The van der Waals surface area contributed by atoms with Gasteiger partial charge in [0, 0.05) is 16.5 Å². The molecule has 0 N–H and O–H groups in total. The van der Waals surface area contributed by atoms with Crippen molar-refractivity contribution >= 4 is 22.7 Å². The molecular weight excluding hydrogens is 307 g/mol. The molecule has 5 heteroatoms. The van der Waals surface area contributed by atoms with Gasteiger partial charge in [-0.05, 0) is 24.5 Å². The number of pyridine rings is 1. The summed E-state index contributed by atoms with van der Waals surface area (Å²) in [7, 11) is 0. The normalized spacial score (nSPS) is 10.4. The number of rotatable bonds is 1. The smallest absolute Gasteiger partial charge is 0.256 e. The molecule has 0 aliphatic carbocycles. The Morgan fingerprint density at radius 1 is 1.00 bits per heavy atom. The number of aromatic nitrogens is 1. The summed E-state index contributed by atoms with van der Waals surface area (Å²) in [4.78, 5) is 4.88. The Morgan fingerprint density at radius 3 is 2.00 bits per heavy atom. The molecule has 22 heavy (non-hydrogen) atoms. The third-order valence-corrected chi connectivity index (χ3v) is 3.05. The molecule has 0 amide bonds. The van der Waals surface area contributed by atoms with Gasteiger partial charge in [-0.25, -0.2) is 0 Å². The van der Waals surface area contributed by atoms with Crippen molar-refractivity contribution in [2.45, 2.75) is 51.6 Å². The minimum absolute atomic E-state index is 0.377. The average Bonchev–Trinajstić information content (AvgIpc) is 2.46. The van der Waals surface area contributed by atoms with Crippen LogP contribution in [0.5, 0.6) is 0 Å². The van der Waals surface area contributed by atoms with Crippen LogP contribution in [0.3, 0.4) is 0 Å². The summed E-state index contributed by atoms with van der Waals surface area (Å²) < 4.78 is 37.4. The number of nitrogens with zero attached hydrogens (tertiary/aromatic N) is 1. The molecule has 0 radical (unpaired) electrons. The van der Waals surface area contributed by atoms with Crippen LogP contribution < -0.4 is 0 Å². The van der Waals surface area contributed by atoms with Gasteiger partial charge in [0.05, 0.1) is 11.1 Å². The van der Waals surface area contributed by atoms with Crippen LogP contribution >= 0.6 is 11.8 Å². The van der Waals surface area contributed by atoms with Gasteiger partial charge in [-0.15, -0.1) is 11.8 Å². The van der Waals surface area contributed by atoms with E-state index in [1.807, 2.05) is 6.26 Å². The summed E-state index contributed by atoms with van der Waals surface area (Å²) in [6.45, 7) is 8.50. The maximum absolute atomic E-state index is 12.5. The van der Waals surface area contributed by atoms with Gasteiger partial charge in [0.25, 0.3) is 0 Å².